The van der Waals surface area contributed by atoms with Crippen molar-refractivity contribution in [3.05, 3.63) is 60.2 Å². The van der Waals surface area contributed by atoms with Crippen LogP contribution in [0.25, 0.3) is 11.1 Å². The van der Waals surface area contributed by atoms with Gasteiger partial charge in [0.15, 0.2) is 5.58 Å². The number of ether oxygens (including phenoxy) is 1. The maximum absolute atomic E-state index is 12.2. The molecule has 1 heterocycles. The number of nitrogens with zero attached hydrogens (tertiary/aromatic N) is 1. The van der Waals surface area contributed by atoms with Gasteiger partial charge in [-0.2, -0.15) is 0 Å². The lowest BCUT2D eigenvalue weighted by atomic mass is 10.1. The topological polar surface area (TPSA) is 81.4 Å². The molecule has 0 radical (unpaired) electrons. The number of thioether (sulfide) groups is 1. The Hall–Kier alpha value is -2.80. The van der Waals surface area contributed by atoms with Crippen molar-refractivity contribution in [1.82, 2.24) is 10.3 Å². The van der Waals surface area contributed by atoms with E-state index in [-0.39, 0.29) is 11.7 Å². The zero-order valence-electron chi connectivity index (χ0n) is 14.2. The number of rotatable bonds is 7. The Morgan fingerprint density at radius 3 is 2.62 bits per heavy atom. The molecule has 3 aromatic rings. The van der Waals surface area contributed by atoms with E-state index in [4.69, 9.17) is 9.15 Å². The fourth-order valence-electron chi connectivity index (χ4n) is 2.46. The average Bonchev–Trinajstić information content (AvgIpc) is 3.09. The molecule has 0 spiro atoms. The molecule has 134 valence electrons. The second kappa shape index (κ2) is 8.53. The van der Waals surface area contributed by atoms with Crippen molar-refractivity contribution in [2.75, 3.05) is 12.9 Å². The molecule has 0 saturated heterocycles. The first-order chi connectivity index (χ1) is 12.7. The number of para-hydroxylation sites is 2. The summed E-state index contributed by atoms with van der Waals surface area (Å²) in [6.07, 6.45) is 0.368. The molecule has 1 unspecified atom stereocenters. The number of esters is 1. The summed E-state index contributed by atoms with van der Waals surface area (Å²) in [4.78, 5) is 28.5. The summed E-state index contributed by atoms with van der Waals surface area (Å²) in [5.74, 6) is -0.674. The normalized spacial score (nSPS) is 11.9. The highest BCUT2D eigenvalue weighted by molar-refractivity contribution is 7.99. The van der Waals surface area contributed by atoms with Crippen molar-refractivity contribution >= 4 is 34.7 Å². The van der Waals surface area contributed by atoms with E-state index in [2.05, 4.69) is 10.3 Å². The van der Waals surface area contributed by atoms with Gasteiger partial charge in [0, 0.05) is 6.42 Å². The maximum atomic E-state index is 12.2. The molecule has 0 bridgehead atoms. The summed E-state index contributed by atoms with van der Waals surface area (Å²) in [6, 6.07) is 16.1. The van der Waals surface area contributed by atoms with Gasteiger partial charge in [0.05, 0.1) is 12.9 Å². The smallest absolute Gasteiger partial charge is 0.328 e. The van der Waals surface area contributed by atoms with Gasteiger partial charge in [-0.1, -0.05) is 54.2 Å². The highest BCUT2D eigenvalue weighted by Gasteiger charge is 2.22. The van der Waals surface area contributed by atoms with Gasteiger partial charge in [0.25, 0.3) is 5.22 Å². The average molecular weight is 370 g/mol. The van der Waals surface area contributed by atoms with Crippen LogP contribution in [0.3, 0.4) is 0 Å². The van der Waals surface area contributed by atoms with Crippen LogP contribution in [-0.2, 0) is 20.7 Å². The summed E-state index contributed by atoms with van der Waals surface area (Å²) < 4.78 is 10.4. The van der Waals surface area contributed by atoms with Crippen LogP contribution >= 0.6 is 11.8 Å². The molecular weight excluding hydrogens is 352 g/mol. The number of hydrogen-bond acceptors (Lipinski definition) is 6. The van der Waals surface area contributed by atoms with E-state index in [1.165, 1.54) is 18.9 Å². The molecule has 1 N–H and O–H groups in total. The van der Waals surface area contributed by atoms with Gasteiger partial charge >= 0.3 is 5.97 Å². The maximum Gasteiger partial charge on any atom is 0.328 e. The van der Waals surface area contributed by atoms with Gasteiger partial charge in [0.2, 0.25) is 5.91 Å². The van der Waals surface area contributed by atoms with Crippen molar-refractivity contribution < 1.29 is 18.7 Å². The Bertz CT molecular complexity index is 862. The number of carbonyl (C=O) groups excluding carboxylic acids is 2. The second-order valence-corrected chi connectivity index (χ2v) is 6.50. The molecule has 0 aliphatic rings. The number of aromatic nitrogens is 1. The standard InChI is InChI=1S/C19H18N2O4S/c1-24-18(23)15(11-13-7-3-2-4-8-13)20-17(22)12-26-19-21-14-9-5-6-10-16(14)25-19/h2-10,15H,11-12H2,1H3,(H,20,22). The Kier molecular flexibility index (Phi) is 5.91. The van der Waals surface area contributed by atoms with Crippen molar-refractivity contribution in [3.63, 3.8) is 0 Å². The summed E-state index contributed by atoms with van der Waals surface area (Å²) in [7, 11) is 1.31. The molecule has 3 rings (SSSR count). The summed E-state index contributed by atoms with van der Waals surface area (Å²) in [6.45, 7) is 0. The van der Waals surface area contributed by atoms with Crippen LogP contribution in [-0.4, -0.2) is 35.8 Å². The number of hydrogen-bond donors (Lipinski definition) is 1. The summed E-state index contributed by atoms with van der Waals surface area (Å²) in [5.41, 5.74) is 2.36. The number of amides is 1. The van der Waals surface area contributed by atoms with Crippen LogP contribution < -0.4 is 5.32 Å². The van der Waals surface area contributed by atoms with E-state index >= 15 is 0 Å². The Morgan fingerprint density at radius 1 is 1.15 bits per heavy atom. The number of benzene rings is 2. The van der Waals surface area contributed by atoms with Crippen LogP contribution in [0.1, 0.15) is 5.56 Å². The number of nitrogens with one attached hydrogen (secondary N) is 1. The van der Waals surface area contributed by atoms with Gasteiger partial charge in [-0.15, -0.1) is 0 Å². The minimum Gasteiger partial charge on any atom is -0.467 e. The van der Waals surface area contributed by atoms with Crippen LogP contribution in [0.4, 0.5) is 0 Å². The molecule has 0 aliphatic carbocycles. The molecule has 1 amide bonds. The highest BCUT2D eigenvalue weighted by atomic mass is 32.2. The van der Waals surface area contributed by atoms with E-state index in [9.17, 15) is 9.59 Å². The summed E-state index contributed by atoms with van der Waals surface area (Å²) in [5, 5.41) is 3.13. The van der Waals surface area contributed by atoms with Crippen molar-refractivity contribution in [2.45, 2.75) is 17.7 Å². The van der Waals surface area contributed by atoms with Gasteiger partial charge in [-0.05, 0) is 17.7 Å². The zero-order chi connectivity index (χ0) is 18.4. The number of fused-ring (bicyclic) bond motifs is 1. The Balaban J connectivity index is 1.59. The van der Waals surface area contributed by atoms with Crippen molar-refractivity contribution in [2.24, 2.45) is 0 Å². The first kappa shape index (κ1) is 18.0. The molecule has 0 fully saturated rings. The lowest BCUT2D eigenvalue weighted by Crippen LogP contribution is -2.43. The van der Waals surface area contributed by atoms with Gasteiger partial charge in [-0.25, -0.2) is 9.78 Å². The number of methoxy groups -OCH3 is 1. The largest absolute Gasteiger partial charge is 0.467 e. The predicted octanol–water partition coefficient (Wildman–Crippen LogP) is 2.82. The van der Waals surface area contributed by atoms with Gasteiger partial charge < -0.3 is 14.5 Å². The monoisotopic (exact) mass is 370 g/mol. The molecule has 2 aromatic carbocycles. The fourth-order valence-corrected chi connectivity index (χ4v) is 3.11. The lowest BCUT2D eigenvalue weighted by molar-refractivity contribution is -0.144. The molecule has 26 heavy (non-hydrogen) atoms. The lowest BCUT2D eigenvalue weighted by Gasteiger charge is -2.16. The molecule has 0 saturated carbocycles. The zero-order valence-corrected chi connectivity index (χ0v) is 15.0. The minimum absolute atomic E-state index is 0.0924. The number of oxazole rings is 1. The van der Waals surface area contributed by atoms with Crippen LogP contribution in [0.2, 0.25) is 0 Å². The molecule has 1 aromatic heterocycles. The van der Waals surface area contributed by atoms with E-state index < -0.39 is 12.0 Å². The second-order valence-electron chi connectivity index (χ2n) is 5.57. The fraction of sp³-hybridized carbons (Fsp3) is 0.211. The first-order valence-corrected chi connectivity index (χ1v) is 9.04. The minimum atomic E-state index is -0.737. The third kappa shape index (κ3) is 4.64. The Labute approximate surface area is 154 Å². The first-order valence-electron chi connectivity index (χ1n) is 8.05. The predicted molar refractivity (Wildman–Crippen MR) is 98.8 cm³/mol. The van der Waals surface area contributed by atoms with Gasteiger partial charge in [0.1, 0.15) is 11.6 Å². The Morgan fingerprint density at radius 2 is 1.88 bits per heavy atom. The van der Waals surface area contributed by atoms with E-state index in [0.29, 0.717) is 17.2 Å². The molecule has 1 atom stereocenters. The van der Waals surface area contributed by atoms with Crippen LogP contribution in [0.15, 0.2) is 64.2 Å². The summed E-state index contributed by atoms with van der Waals surface area (Å²) >= 11 is 1.18. The van der Waals surface area contributed by atoms with E-state index in [1.54, 1.807) is 0 Å². The van der Waals surface area contributed by atoms with E-state index in [1.807, 2.05) is 54.6 Å². The number of carbonyl (C=O) groups is 2. The van der Waals surface area contributed by atoms with Crippen LogP contribution in [0.5, 0.6) is 0 Å². The molecule has 6 nitrogen and oxygen atoms in total. The van der Waals surface area contributed by atoms with E-state index in [0.717, 1.165) is 11.1 Å². The van der Waals surface area contributed by atoms with Gasteiger partial charge in [-0.3, -0.25) is 4.79 Å². The molecule has 7 heteroatoms. The third-order valence-electron chi connectivity index (χ3n) is 3.70. The van der Waals surface area contributed by atoms with Crippen molar-refractivity contribution in [1.29, 1.82) is 0 Å². The SMILES string of the molecule is COC(=O)C(Cc1ccccc1)NC(=O)CSc1nc2ccccc2o1. The van der Waals surface area contributed by atoms with Crippen molar-refractivity contribution in [3.8, 4) is 0 Å². The molecule has 0 aliphatic heterocycles. The molecular formula is C19H18N2O4S. The highest BCUT2D eigenvalue weighted by Crippen LogP contribution is 2.22. The quantitative estimate of drug-likeness (QED) is 0.509. The third-order valence-corrected chi connectivity index (χ3v) is 4.53. The van der Waals surface area contributed by atoms with Crippen LogP contribution in [0, 0.1) is 0 Å².